The molecule has 0 fully saturated rings. The van der Waals surface area contributed by atoms with E-state index >= 15 is 0 Å². The van der Waals surface area contributed by atoms with E-state index in [-0.39, 0.29) is 16.7 Å². The number of carbonyl (C=O) groups is 1. The number of amides is 1. The Hall–Kier alpha value is -1.16. The van der Waals surface area contributed by atoms with Crippen molar-refractivity contribution in [3.8, 4) is 0 Å². The lowest BCUT2D eigenvalue weighted by molar-refractivity contribution is 0.0939. The molecule has 1 rings (SSSR count). The fourth-order valence-corrected chi connectivity index (χ4v) is 2.00. The average molecular weight is 367 g/mol. The molecule has 122 valence electrons. The molecule has 0 aliphatic carbocycles. The number of nitrogens with one attached hydrogen (secondary N) is 1. The molecule has 0 spiro atoms. The van der Waals surface area contributed by atoms with Crippen molar-refractivity contribution in [1.82, 2.24) is 5.32 Å². The number of hydrogen-bond donors (Lipinski definition) is 1. The van der Waals surface area contributed by atoms with Gasteiger partial charge in [-0.2, -0.15) is 0 Å². The molecule has 4 heteroatoms. The third-order valence-electron chi connectivity index (χ3n) is 2.83. The van der Waals surface area contributed by atoms with Crippen LogP contribution in [0.5, 0.6) is 0 Å². The second-order valence-electron chi connectivity index (χ2n) is 8.01. The minimum atomic E-state index is -0.0482. The van der Waals surface area contributed by atoms with Crippen LogP contribution in [0.4, 0.5) is 0 Å². The summed E-state index contributed by atoms with van der Waals surface area (Å²) in [7, 11) is 0. The summed E-state index contributed by atoms with van der Waals surface area (Å²) in [5, 5.41) is 2.97. The number of carbonyl (C=O) groups excluding carboxylic acids is 1. The Morgan fingerprint density at radius 2 is 1.82 bits per heavy atom. The first kappa shape index (κ1) is 18.9. The minimum absolute atomic E-state index is 0.0482. The maximum absolute atomic E-state index is 12.2. The highest BCUT2D eigenvalue weighted by Gasteiger charge is 2.14. The molecule has 1 amide bonds. The highest BCUT2D eigenvalue weighted by Crippen LogP contribution is 2.18. The van der Waals surface area contributed by atoms with Gasteiger partial charge in [-0.15, -0.1) is 0 Å². The van der Waals surface area contributed by atoms with Crippen LogP contribution in [0.2, 0.25) is 0 Å². The minimum Gasteiger partial charge on any atom is -0.352 e. The Balaban J connectivity index is 2.83. The Kier molecular flexibility index (Phi) is 6.36. The molecule has 1 aromatic carbocycles. The van der Waals surface area contributed by atoms with E-state index in [1.54, 1.807) is 0 Å². The van der Waals surface area contributed by atoms with Crippen molar-refractivity contribution in [2.75, 3.05) is 13.1 Å². The second kappa shape index (κ2) is 7.40. The number of hydrogen-bond acceptors (Lipinski definition) is 2. The van der Waals surface area contributed by atoms with Gasteiger partial charge in [-0.25, -0.2) is 0 Å². The summed E-state index contributed by atoms with van der Waals surface area (Å²) in [5.74, 6) is -0.0482. The second-order valence-corrected chi connectivity index (χ2v) is 8.86. The topological polar surface area (TPSA) is 41.5 Å². The molecular formula is C18H27BrN2O. The summed E-state index contributed by atoms with van der Waals surface area (Å²) in [6.07, 6.45) is 1.83. The molecule has 0 atom stereocenters. The smallest absolute Gasteiger partial charge is 0.251 e. The van der Waals surface area contributed by atoms with Gasteiger partial charge in [-0.3, -0.25) is 9.79 Å². The zero-order valence-corrected chi connectivity index (χ0v) is 16.0. The molecule has 0 unspecified atom stereocenters. The quantitative estimate of drug-likeness (QED) is 0.771. The molecular weight excluding hydrogens is 340 g/mol. The van der Waals surface area contributed by atoms with Gasteiger partial charge in [0.25, 0.3) is 5.91 Å². The standard InChI is InChI=1S/C18H27BrN2O/c1-17(2,3)11-20-10-14-9-13(7-8-15(14)19)16(22)21-12-18(4,5)6/h7-10H,11-12H2,1-6H3,(H,21,22). The van der Waals surface area contributed by atoms with E-state index < -0.39 is 0 Å². The first-order chi connectivity index (χ1) is 9.98. The molecule has 22 heavy (non-hydrogen) atoms. The van der Waals surface area contributed by atoms with Gasteiger partial charge in [0, 0.05) is 34.9 Å². The van der Waals surface area contributed by atoms with Crippen LogP contribution in [0, 0.1) is 10.8 Å². The number of rotatable bonds is 4. The highest BCUT2D eigenvalue weighted by molar-refractivity contribution is 9.10. The molecule has 0 saturated carbocycles. The van der Waals surface area contributed by atoms with E-state index in [0.29, 0.717) is 12.1 Å². The largest absolute Gasteiger partial charge is 0.352 e. The number of nitrogens with zero attached hydrogens (tertiary/aromatic N) is 1. The van der Waals surface area contributed by atoms with Gasteiger partial charge in [0.1, 0.15) is 0 Å². The normalized spacial score (nSPS) is 12.7. The maximum Gasteiger partial charge on any atom is 0.251 e. The predicted molar refractivity (Wildman–Crippen MR) is 97.8 cm³/mol. The van der Waals surface area contributed by atoms with Gasteiger partial charge in [0.15, 0.2) is 0 Å². The van der Waals surface area contributed by atoms with Gasteiger partial charge < -0.3 is 5.32 Å². The van der Waals surface area contributed by atoms with E-state index in [2.05, 4.69) is 67.8 Å². The fraction of sp³-hybridized carbons (Fsp3) is 0.556. The highest BCUT2D eigenvalue weighted by atomic mass is 79.9. The van der Waals surface area contributed by atoms with Crippen LogP contribution in [0.3, 0.4) is 0 Å². The molecule has 0 aliphatic rings. The van der Waals surface area contributed by atoms with E-state index in [4.69, 9.17) is 0 Å². The molecule has 0 saturated heterocycles. The van der Waals surface area contributed by atoms with E-state index in [9.17, 15) is 4.79 Å². The van der Waals surface area contributed by atoms with Crippen LogP contribution in [0.1, 0.15) is 57.5 Å². The van der Waals surface area contributed by atoms with Crippen molar-refractivity contribution in [3.05, 3.63) is 33.8 Å². The van der Waals surface area contributed by atoms with E-state index in [0.717, 1.165) is 16.6 Å². The number of benzene rings is 1. The maximum atomic E-state index is 12.2. The molecule has 1 N–H and O–H groups in total. The average Bonchev–Trinajstić information content (AvgIpc) is 2.36. The van der Waals surface area contributed by atoms with Gasteiger partial charge in [-0.05, 0) is 29.0 Å². The summed E-state index contributed by atoms with van der Waals surface area (Å²) in [5.41, 5.74) is 1.81. The molecule has 3 nitrogen and oxygen atoms in total. The molecule has 1 aromatic rings. The van der Waals surface area contributed by atoms with Crippen LogP contribution in [-0.2, 0) is 0 Å². The van der Waals surface area contributed by atoms with Gasteiger partial charge in [-0.1, -0.05) is 57.5 Å². The predicted octanol–water partition coefficient (Wildman–Crippen LogP) is 4.69. The summed E-state index contributed by atoms with van der Waals surface area (Å²) < 4.78 is 0.942. The van der Waals surface area contributed by atoms with Crippen molar-refractivity contribution in [2.45, 2.75) is 41.5 Å². The fourth-order valence-electron chi connectivity index (χ4n) is 1.65. The van der Waals surface area contributed by atoms with Crippen molar-refractivity contribution in [1.29, 1.82) is 0 Å². The van der Waals surface area contributed by atoms with Crippen molar-refractivity contribution in [2.24, 2.45) is 15.8 Å². The van der Waals surface area contributed by atoms with Gasteiger partial charge >= 0.3 is 0 Å². The Labute approximate surface area is 142 Å². The van der Waals surface area contributed by atoms with Crippen LogP contribution in [0.15, 0.2) is 27.7 Å². The van der Waals surface area contributed by atoms with E-state index in [1.807, 2.05) is 24.4 Å². The zero-order chi connectivity index (χ0) is 17.0. The first-order valence-electron chi connectivity index (χ1n) is 7.55. The third kappa shape index (κ3) is 7.21. The summed E-state index contributed by atoms with van der Waals surface area (Å²) in [6, 6.07) is 5.59. The SMILES string of the molecule is CC(C)(C)CN=Cc1cc(C(=O)NCC(C)(C)C)ccc1Br. The monoisotopic (exact) mass is 366 g/mol. The van der Waals surface area contributed by atoms with Crippen LogP contribution in [-0.4, -0.2) is 25.2 Å². The molecule has 0 aliphatic heterocycles. The van der Waals surface area contributed by atoms with Crippen molar-refractivity contribution in [3.63, 3.8) is 0 Å². The Morgan fingerprint density at radius 1 is 1.18 bits per heavy atom. The van der Waals surface area contributed by atoms with Gasteiger partial charge in [0.05, 0.1) is 0 Å². The van der Waals surface area contributed by atoms with Crippen LogP contribution < -0.4 is 5.32 Å². The molecule has 0 bridgehead atoms. The lowest BCUT2D eigenvalue weighted by atomic mass is 9.97. The third-order valence-corrected chi connectivity index (χ3v) is 3.56. The summed E-state index contributed by atoms with van der Waals surface area (Å²) in [6.45, 7) is 14.1. The molecule has 0 radical (unpaired) electrons. The lowest BCUT2D eigenvalue weighted by Crippen LogP contribution is -2.32. The molecule has 0 aromatic heterocycles. The summed E-state index contributed by atoms with van der Waals surface area (Å²) >= 11 is 3.51. The van der Waals surface area contributed by atoms with Crippen molar-refractivity contribution < 1.29 is 4.79 Å². The zero-order valence-electron chi connectivity index (χ0n) is 14.5. The lowest BCUT2D eigenvalue weighted by Gasteiger charge is -2.18. The Bertz CT molecular complexity index is 551. The Morgan fingerprint density at radius 3 is 2.36 bits per heavy atom. The van der Waals surface area contributed by atoms with Gasteiger partial charge in [0.2, 0.25) is 0 Å². The summed E-state index contributed by atoms with van der Waals surface area (Å²) in [4.78, 5) is 16.7. The molecule has 0 heterocycles. The van der Waals surface area contributed by atoms with E-state index in [1.165, 1.54) is 0 Å². The first-order valence-corrected chi connectivity index (χ1v) is 8.35. The number of aliphatic imine (C=N–C) groups is 1. The van der Waals surface area contributed by atoms with Crippen LogP contribution >= 0.6 is 15.9 Å². The van der Waals surface area contributed by atoms with Crippen LogP contribution in [0.25, 0.3) is 0 Å². The van der Waals surface area contributed by atoms with Crippen molar-refractivity contribution >= 4 is 28.1 Å². The number of halogens is 1.